The molecule has 0 bridgehead atoms. The maximum Gasteiger partial charge on any atom is 0.0723 e. The van der Waals surface area contributed by atoms with E-state index in [4.69, 9.17) is 4.74 Å². The molecule has 1 aliphatic rings. The van der Waals surface area contributed by atoms with Gasteiger partial charge in [0.05, 0.1) is 12.7 Å². The molecule has 0 fully saturated rings. The fourth-order valence-electron chi connectivity index (χ4n) is 1.98. The number of hydrogen-bond donors (Lipinski definition) is 1. The summed E-state index contributed by atoms with van der Waals surface area (Å²) in [4.78, 5) is 0. The van der Waals surface area contributed by atoms with Gasteiger partial charge in [-0.15, -0.1) is 0 Å². The maximum absolute atomic E-state index is 5.67. The van der Waals surface area contributed by atoms with E-state index in [9.17, 15) is 0 Å². The summed E-state index contributed by atoms with van der Waals surface area (Å²) in [5.41, 5.74) is 4.27. The largest absolute Gasteiger partial charge is 0.374 e. The average molecular weight is 205 g/mol. The fraction of sp³-hybridized carbons (Fsp3) is 0.538. The number of hydrogen-bond acceptors (Lipinski definition) is 2. The first-order chi connectivity index (χ1) is 7.27. The third kappa shape index (κ3) is 2.58. The van der Waals surface area contributed by atoms with E-state index in [1.54, 1.807) is 0 Å². The van der Waals surface area contributed by atoms with Crippen molar-refractivity contribution in [2.45, 2.75) is 39.5 Å². The summed E-state index contributed by atoms with van der Waals surface area (Å²) in [6, 6.07) is 6.55. The highest BCUT2D eigenvalue weighted by Gasteiger charge is 2.12. The summed E-state index contributed by atoms with van der Waals surface area (Å²) in [5, 5.41) is 3.41. The average Bonchev–Trinajstić information content (AvgIpc) is 2.26. The Hall–Kier alpha value is -0.860. The summed E-state index contributed by atoms with van der Waals surface area (Å²) in [7, 11) is 0. The van der Waals surface area contributed by atoms with Gasteiger partial charge in [-0.3, -0.25) is 0 Å². The molecule has 1 aromatic carbocycles. The van der Waals surface area contributed by atoms with E-state index < -0.39 is 0 Å². The molecule has 0 aromatic heterocycles. The Labute approximate surface area is 91.6 Å². The molecule has 0 aliphatic carbocycles. The molecule has 15 heavy (non-hydrogen) atoms. The molecule has 0 amide bonds. The van der Waals surface area contributed by atoms with Crippen LogP contribution in [0.15, 0.2) is 18.2 Å². The van der Waals surface area contributed by atoms with Gasteiger partial charge < -0.3 is 10.1 Å². The second-order valence-electron chi connectivity index (χ2n) is 4.34. The summed E-state index contributed by atoms with van der Waals surface area (Å²) in [6.45, 7) is 6.98. The minimum atomic E-state index is 0.303. The second kappa shape index (κ2) is 4.77. The highest BCUT2D eigenvalue weighted by molar-refractivity contribution is 5.36. The highest BCUT2D eigenvalue weighted by atomic mass is 16.5. The Morgan fingerprint density at radius 3 is 3.07 bits per heavy atom. The molecule has 1 heterocycles. The van der Waals surface area contributed by atoms with Crippen molar-refractivity contribution < 1.29 is 4.74 Å². The van der Waals surface area contributed by atoms with Crippen molar-refractivity contribution >= 4 is 0 Å². The Morgan fingerprint density at radius 2 is 2.27 bits per heavy atom. The SMILES string of the molecule is CC(C)OCc1cccc2c1CNCC2. The first-order valence-corrected chi connectivity index (χ1v) is 5.69. The Kier molecular flexibility index (Phi) is 3.39. The number of rotatable bonds is 3. The number of benzene rings is 1. The van der Waals surface area contributed by atoms with Crippen molar-refractivity contribution in [1.82, 2.24) is 5.32 Å². The molecule has 1 aromatic rings. The van der Waals surface area contributed by atoms with Crippen molar-refractivity contribution in [1.29, 1.82) is 0 Å². The Bertz CT molecular complexity index is 333. The zero-order valence-corrected chi connectivity index (χ0v) is 9.55. The van der Waals surface area contributed by atoms with Crippen molar-refractivity contribution in [2.24, 2.45) is 0 Å². The van der Waals surface area contributed by atoms with E-state index in [0.29, 0.717) is 6.10 Å². The van der Waals surface area contributed by atoms with Crippen LogP contribution in [0.2, 0.25) is 0 Å². The molecule has 0 saturated heterocycles. The van der Waals surface area contributed by atoms with E-state index in [1.807, 2.05) is 0 Å². The molecule has 82 valence electrons. The lowest BCUT2D eigenvalue weighted by molar-refractivity contribution is 0.0651. The van der Waals surface area contributed by atoms with Gasteiger partial charge >= 0.3 is 0 Å². The monoisotopic (exact) mass is 205 g/mol. The van der Waals surface area contributed by atoms with Gasteiger partial charge in [0.15, 0.2) is 0 Å². The van der Waals surface area contributed by atoms with Gasteiger partial charge in [-0.2, -0.15) is 0 Å². The minimum Gasteiger partial charge on any atom is -0.374 e. The second-order valence-corrected chi connectivity index (χ2v) is 4.34. The van der Waals surface area contributed by atoms with Crippen LogP contribution in [-0.2, 0) is 24.3 Å². The molecule has 1 N–H and O–H groups in total. The van der Waals surface area contributed by atoms with Gasteiger partial charge in [0, 0.05) is 6.54 Å². The molecule has 2 nitrogen and oxygen atoms in total. The predicted octanol–water partition coefficient (Wildman–Crippen LogP) is 2.26. The molecule has 0 unspecified atom stereocenters. The molecule has 0 radical (unpaired) electrons. The van der Waals surface area contributed by atoms with Gasteiger partial charge in [-0.25, -0.2) is 0 Å². The number of fused-ring (bicyclic) bond motifs is 1. The molecule has 0 spiro atoms. The lowest BCUT2D eigenvalue weighted by atomic mass is 9.96. The van der Waals surface area contributed by atoms with Crippen molar-refractivity contribution in [3.05, 3.63) is 34.9 Å². The zero-order chi connectivity index (χ0) is 10.7. The molecule has 0 saturated carbocycles. The smallest absolute Gasteiger partial charge is 0.0723 e. The Balaban J connectivity index is 2.16. The first kappa shape index (κ1) is 10.7. The summed E-state index contributed by atoms with van der Waals surface area (Å²) in [5.74, 6) is 0. The standard InChI is InChI=1S/C13H19NO/c1-10(2)15-9-12-5-3-4-11-6-7-14-8-13(11)12/h3-5,10,14H,6-9H2,1-2H3. The quantitative estimate of drug-likeness (QED) is 0.817. The van der Waals surface area contributed by atoms with E-state index in [0.717, 1.165) is 26.1 Å². The van der Waals surface area contributed by atoms with Crippen molar-refractivity contribution in [3.8, 4) is 0 Å². The summed E-state index contributed by atoms with van der Waals surface area (Å²) in [6.07, 6.45) is 1.45. The molecule has 0 atom stereocenters. The van der Waals surface area contributed by atoms with Gasteiger partial charge in [0.2, 0.25) is 0 Å². The summed E-state index contributed by atoms with van der Waals surface area (Å²) < 4.78 is 5.67. The summed E-state index contributed by atoms with van der Waals surface area (Å²) >= 11 is 0. The third-order valence-corrected chi connectivity index (χ3v) is 2.82. The van der Waals surface area contributed by atoms with Crippen LogP contribution < -0.4 is 5.32 Å². The normalized spacial score (nSPS) is 15.4. The van der Waals surface area contributed by atoms with Crippen molar-refractivity contribution in [3.63, 3.8) is 0 Å². The van der Waals surface area contributed by atoms with Crippen LogP contribution in [0.4, 0.5) is 0 Å². The van der Waals surface area contributed by atoms with Crippen LogP contribution >= 0.6 is 0 Å². The fourth-order valence-corrected chi connectivity index (χ4v) is 1.98. The molecular formula is C13H19NO. The van der Waals surface area contributed by atoms with Crippen molar-refractivity contribution in [2.75, 3.05) is 6.54 Å². The van der Waals surface area contributed by atoms with Crippen LogP contribution in [0, 0.1) is 0 Å². The van der Waals surface area contributed by atoms with E-state index in [-0.39, 0.29) is 0 Å². The predicted molar refractivity (Wildman–Crippen MR) is 61.8 cm³/mol. The van der Waals surface area contributed by atoms with Gasteiger partial charge in [0.25, 0.3) is 0 Å². The number of nitrogens with one attached hydrogen (secondary N) is 1. The van der Waals surface area contributed by atoms with Crippen LogP contribution in [0.3, 0.4) is 0 Å². The van der Waals surface area contributed by atoms with Crippen LogP contribution in [0.1, 0.15) is 30.5 Å². The van der Waals surface area contributed by atoms with Gasteiger partial charge in [0.1, 0.15) is 0 Å². The lowest BCUT2D eigenvalue weighted by Gasteiger charge is -2.20. The van der Waals surface area contributed by atoms with Crippen LogP contribution in [0.5, 0.6) is 0 Å². The first-order valence-electron chi connectivity index (χ1n) is 5.69. The van der Waals surface area contributed by atoms with E-state index in [2.05, 4.69) is 37.4 Å². The zero-order valence-electron chi connectivity index (χ0n) is 9.55. The maximum atomic E-state index is 5.67. The van der Waals surface area contributed by atoms with E-state index in [1.165, 1.54) is 16.7 Å². The van der Waals surface area contributed by atoms with Crippen LogP contribution in [0.25, 0.3) is 0 Å². The molecular weight excluding hydrogens is 186 g/mol. The Morgan fingerprint density at radius 1 is 1.40 bits per heavy atom. The number of ether oxygens (including phenoxy) is 1. The van der Waals surface area contributed by atoms with Gasteiger partial charge in [-0.05, 0) is 43.5 Å². The van der Waals surface area contributed by atoms with E-state index >= 15 is 0 Å². The highest BCUT2D eigenvalue weighted by Crippen LogP contribution is 2.19. The topological polar surface area (TPSA) is 21.3 Å². The minimum absolute atomic E-state index is 0.303. The molecule has 2 rings (SSSR count). The molecule has 2 heteroatoms. The van der Waals surface area contributed by atoms with Crippen LogP contribution in [-0.4, -0.2) is 12.6 Å². The lowest BCUT2D eigenvalue weighted by Crippen LogP contribution is -2.25. The van der Waals surface area contributed by atoms with Gasteiger partial charge in [-0.1, -0.05) is 18.2 Å². The molecule has 1 aliphatic heterocycles. The third-order valence-electron chi connectivity index (χ3n) is 2.82.